The minimum absolute atomic E-state index is 0.00482. The Balaban J connectivity index is 1.92. The molecule has 0 spiro atoms. The van der Waals surface area contributed by atoms with Gasteiger partial charge in [0.1, 0.15) is 0 Å². The van der Waals surface area contributed by atoms with Crippen LogP contribution in [0.4, 0.5) is 0 Å². The van der Waals surface area contributed by atoms with E-state index in [-0.39, 0.29) is 5.91 Å². The summed E-state index contributed by atoms with van der Waals surface area (Å²) in [7, 11) is 0. The number of fused-ring (bicyclic) bond motifs is 1. The SMILES string of the molecule is CC(=O)NCCSc1nc2ccccc2[nH]1. The number of carbonyl (C=O) groups is 1. The van der Waals surface area contributed by atoms with Crippen LogP contribution in [0.1, 0.15) is 6.92 Å². The Morgan fingerprint density at radius 2 is 2.31 bits per heavy atom. The van der Waals surface area contributed by atoms with Crippen molar-refractivity contribution in [1.82, 2.24) is 15.3 Å². The van der Waals surface area contributed by atoms with E-state index in [0.717, 1.165) is 21.9 Å². The van der Waals surface area contributed by atoms with E-state index in [1.165, 1.54) is 6.92 Å². The van der Waals surface area contributed by atoms with Gasteiger partial charge in [-0.15, -0.1) is 0 Å². The lowest BCUT2D eigenvalue weighted by molar-refractivity contribution is -0.118. The van der Waals surface area contributed by atoms with Crippen LogP contribution in [0.2, 0.25) is 0 Å². The molecule has 16 heavy (non-hydrogen) atoms. The molecule has 0 bridgehead atoms. The molecule has 1 amide bonds. The van der Waals surface area contributed by atoms with Gasteiger partial charge in [-0.2, -0.15) is 0 Å². The summed E-state index contributed by atoms with van der Waals surface area (Å²) < 4.78 is 0. The van der Waals surface area contributed by atoms with E-state index in [2.05, 4.69) is 15.3 Å². The van der Waals surface area contributed by atoms with E-state index in [1.54, 1.807) is 11.8 Å². The highest BCUT2D eigenvalue weighted by Gasteiger charge is 2.01. The molecule has 1 aromatic carbocycles. The summed E-state index contributed by atoms with van der Waals surface area (Å²) in [6.45, 7) is 2.18. The van der Waals surface area contributed by atoms with Crippen molar-refractivity contribution in [3.05, 3.63) is 24.3 Å². The molecule has 84 valence electrons. The Kier molecular flexibility index (Phi) is 3.46. The second-order valence-corrected chi connectivity index (χ2v) is 4.47. The Hall–Kier alpha value is -1.49. The first kappa shape index (κ1) is 11.0. The summed E-state index contributed by atoms with van der Waals surface area (Å²) in [5.74, 6) is 0.824. The lowest BCUT2D eigenvalue weighted by Crippen LogP contribution is -2.22. The number of nitrogens with zero attached hydrogens (tertiary/aromatic N) is 1. The molecule has 1 aromatic heterocycles. The zero-order valence-corrected chi connectivity index (χ0v) is 9.80. The third-order valence-corrected chi connectivity index (χ3v) is 2.96. The molecule has 0 radical (unpaired) electrons. The molecule has 2 aromatic rings. The Morgan fingerprint density at radius 1 is 1.50 bits per heavy atom. The number of para-hydroxylation sites is 2. The Morgan fingerprint density at radius 3 is 3.06 bits per heavy atom. The average molecular weight is 235 g/mol. The van der Waals surface area contributed by atoms with Crippen LogP contribution in [0.5, 0.6) is 0 Å². The van der Waals surface area contributed by atoms with Gasteiger partial charge < -0.3 is 10.3 Å². The van der Waals surface area contributed by atoms with Crippen molar-refractivity contribution in [2.75, 3.05) is 12.3 Å². The van der Waals surface area contributed by atoms with Crippen molar-refractivity contribution in [2.24, 2.45) is 0 Å². The molecule has 2 rings (SSSR count). The van der Waals surface area contributed by atoms with Crippen molar-refractivity contribution >= 4 is 28.7 Å². The number of H-pyrrole nitrogens is 1. The summed E-state index contributed by atoms with van der Waals surface area (Å²) in [5.41, 5.74) is 2.02. The summed E-state index contributed by atoms with van der Waals surface area (Å²) in [5, 5.41) is 3.64. The fraction of sp³-hybridized carbons (Fsp3) is 0.273. The van der Waals surface area contributed by atoms with Crippen molar-refractivity contribution in [3.63, 3.8) is 0 Å². The monoisotopic (exact) mass is 235 g/mol. The third-order valence-electron chi connectivity index (χ3n) is 2.08. The zero-order chi connectivity index (χ0) is 11.4. The number of benzene rings is 1. The minimum atomic E-state index is 0.00482. The maximum atomic E-state index is 10.7. The Labute approximate surface area is 97.8 Å². The highest BCUT2D eigenvalue weighted by Crippen LogP contribution is 2.18. The van der Waals surface area contributed by atoms with Crippen LogP contribution in [0.3, 0.4) is 0 Å². The second kappa shape index (κ2) is 5.03. The molecule has 0 aliphatic rings. The summed E-state index contributed by atoms with van der Waals surface area (Å²) in [6.07, 6.45) is 0. The number of hydrogen-bond acceptors (Lipinski definition) is 3. The predicted octanol–water partition coefficient (Wildman–Crippen LogP) is 1.79. The second-order valence-electron chi connectivity index (χ2n) is 3.39. The van der Waals surface area contributed by atoms with Gasteiger partial charge in [0.25, 0.3) is 0 Å². The van der Waals surface area contributed by atoms with Gasteiger partial charge in [-0.1, -0.05) is 23.9 Å². The van der Waals surface area contributed by atoms with Crippen molar-refractivity contribution in [2.45, 2.75) is 12.1 Å². The van der Waals surface area contributed by atoms with Gasteiger partial charge in [0.05, 0.1) is 11.0 Å². The standard InChI is InChI=1S/C11H13N3OS/c1-8(15)12-6-7-16-11-13-9-4-2-3-5-10(9)14-11/h2-5H,6-7H2,1H3,(H,12,15)(H,13,14). The summed E-state index contributed by atoms with van der Waals surface area (Å²) >= 11 is 1.61. The minimum Gasteiger partial charge on any atom is -0.356 e. The fourth-order valence-electron chi connectivity index (χ4n) is 1.37. The Bertz CT molecular complexity index is 462. The predicted molar refractivity (Wildman–Crippen MR) is 65.5 cm³/mol. The number of aromatic nitrogens is 2. The van der Waals surface area contributed by atoms with Crippen LogP contribution in [0, 0.1) is 0 Å². The molecule has 5 heteroatoms. The summed E-state index contributed by atoms with van der Waals surface area (Å²) in [6, 6.07) is 7.92. The maximum absolute atomic E-state index is 10.7. The molecule has 1 heterocycles. The highest BCUT2D eigenvalue weighted by molar-refractivity contribution is 7.99. The van der Waals surface area contributed by atoms with E-state index < -0.39 is 0 Å². The van der Waals surface area contributed by atoms with Gasteiger partial charge in [-0.3, -0.25) is 4.79 Å². The molecule has 4 nitrogen and oxygen atoms in total. The van der Waals surface area contributed by atoms with E-state index in [9.17, 15) is 4.79 Å². The largest absolute Gasteiger partial charge is 0.356 e. The zero-order valence-electron chi connectivity index (χ0n) is 8.99. The van der Waals surface area contributed by atoms with Crippen LogP contribution in [0.25, 0.3) is 11.0 Å². The first-order valence-electron chi connectivity index (χ1n) is 5.08. The maximum Gasteiger partial charge on any atom is 0.216 e. The van der Waals surface area contributed by atoms with Crippen LogP contribution in [-0.2, 0) is 4.79 Å². The van der Waals surface area contributed by atoms with E-state index in [0.29, 0.717) is 6.54 Å². The first-order valence-corrected chi connectivity index (χ1v) is 6.06. The molecule has 0 saturated carbocycles. The number of hydrogen-bond donors (Lipinski definition) is 2. The van der Waals surface area contributed by atoms with Crippen molar-refractivity contribution in [1.29, 1.82) is 0 Å². The van der Waals surface area contributed by atoms with E-state index in [1.807, 2.05) is 24.3 Å². The van der Waals surface area contributed by atoms with Crippen molar-refractivity contribution < 1.29 is 4.79 Å². The molecule has 0 saturated heterocycles. The molecule has 0 atom stereocenters. The molecule has 0 unspecified atom stereocenters. The first-order chi connectivity index (χ1) is 7.75. The number of aromatic amines is 1. The van der Waals surface area contributed by atoms with Crippen LogP contribution in [-0.4, -0.2) is 28.2 Å². The number of rotatable bonds is 4. The normalized spacial score (nSPS) is 10.6. The lowest BCUT2D eigenvalue weighted by Gasteiger charge is -1.98. The molecular weight excluding hydrogens is 222 g/mol. The van der Waals surface area contributed by atoms with Gasteiger partial charge in [-0.25, -0.2) is 4.98 Å². The topological polar surface area (TPSA) is 57.8 Å². The van der Waals surface area contributed by atoms with Crippen molar-refractivity contribution in [3.8, 4) is 0 Å². The quantitative estimate of drug-likeness (QED) is 0.627. The van der Waals surface area contributed by atoms with Gasteiger partial charge in [-0.05, 0) is 12.1 Å². The van der Waals surface area contributed by atoms with Gasteiger partial charge in [0.15, 0.2) is 5.16 Å². The third kappa shape index (κ3) is 2.76. The molecule has 0 aliphatic carbocycles. The molecular formula is C11H13N3OS. The van der Waals surface area contributed by atoms with E-state index >= 15 is 0 Å². The van der Waals surface area contributed by atoms with Gasteiger partial charge in [0, 0.05) is 19.2 Å². The fourth-order valence-corrected chi connectivity index (χ4v) is 2.12. The van der Waals surface area contributed by atoms with Crippen LogP contribution in [0.15, 0.2) is 29.4 Å². The van der Waals surface area contributed by atoms with Gasteiger partial charge >= 0.3 is 0 Å². The smallest absolute Gasteiger partial charge is 0.216 e. The van der Waals surface area contributed by atoms with Crippen LogP contribution < -0.4 is 5.32 Å². The average Bonchev–Trinajstić information content (AvgIpc) is 2.66. The highest BCUT2D eigenvalue weighted by atomic mass is 32.2. The number of amides is 1. The number of carbonyl (C=O) groups excluding carboxylic acids is 1. The molecule has 2 N–H and O–H groups in total. The molecule has 0 fully saturated rings. The summed E-state index contributed by atoms with van der Waals surface area (Å²) in [4.78, 5) is 18.3. The van der Waals surface area contributed by atoms with Gasteiger partial charge in [0.2, 0.25) is 5.91 Å². The number of thioether (sulfide) groups is 1. The van der Waals surface area contributed by atoms with Crippen LogP contribution >= 0.6 is 11.8 Å². The van der Waals surface area contributed by atoms with E-state index in [4.69, 9.17) is 0 Å². The number of nitrogens with one attached hydrogen (secondary N) is 2. The lowest BCUT2D eigenvalue weighted by atomic mass is 10.3. The molecule has 0 aliphatic heterocycles. The number of imidazole rings is 1.